The summed E-state index contributed by atoms with van der Waals surface area (Å²) in [7, 11) is 1.41. The normalized spacial score (nSPS) is 10.6. The van der Waals surface area contributed by atoms with Gasteiger partial charge in [0.25, 0.3) is 5.91 Å². The van der Waals surface area contributed by atoms with E-state index in [-0.39, 0.29) is 40.0 Å². The molecule has 0 fully saturated rings. The Kier molecular flexibility index (Phi) is 8.10. The first-order chi connectivity index (χ1) is 17.8. The molecule has 2 heterocycles. The molecule has 2 aromatic carbocycles. The summed E-state index contributed by atoms with van der Waals surface area (Å²) in [4.78, 5) is 36.3. The number of anilines is 3. The van der Waals surface area contributed by atoms with Gasteiger partial charge in [-0.3, -0.25) is 19.7 Å². The van der Waals surface area contributed by atoms with E-state index < -0.39 is 5.91 Å². The SMILES string of the molecule is COc1cn(-c2ccc(F)cc2)nc1C(=O)Nc1nnc(SCC(=O)Nc2cccc(NC(C)=O)c2)s1. The molecule has 190 valence electrons. The summed E-state index contributed by atoms with van der Waals surface area (Å²) < 4.78 is 20.3. The monoisotopic (exact) mass is 541 g/mol. The minimum Gasteiger partial charge on any atom is -0.493 e. The van der Waals surface area contributed by atoms with Crippen LogP contribution in [0.4, 0.5) is 20.9 Å². The summed E-state index contributed by atoms with van der Waals surface area (Å²) in [5.74, 6) is -1.16. The second kappa shape index (κ2) is 11.6. The summed E-state index contributed by atoms with van der Waals surface area (Å²) in [5, 5.41) is 20.4. The Balaban J connectivity index is 1.34. The van der Waals surface area contributed by atoms with Crippen molar-refractivity contribution < 1.29 is 23.5 Å². The number of halogens is 1. The number of methoxy groups -OCH3 is 1. The van der Waals surface area contributed by atoms with Crippen LogP contribution in [0, 0.1) is 5.82 Å². The maximum absolute atomic E-state index is 13.2. The molecular formula is C23H20FN7O4S2. The van der Waals surface area contributed by atoms with Crippen molar-refractivity contribution in [2.24, 2.45) is 0 Å². The van der Waals surface area contributed by atoms with Gasteiger partial charge in [0.2, 0.25) is 16.9 Å². The number of rotatable bonds is 9. The molecule has 0 aliphatic heterocycles. The number of nitrogens with zero attached hydrogens (tertiary/aromatic N) is 4. The van der Waals surface area contributed by atoms with Gasteiger partial charge in [-0.25, -0.2) is 9.07 Å². The number of nitrogens with one attached hydrogen (secondary N) is 3. The molecule has 0 spiro atoms. The molecule has 4 aromatic rings. The fraction of sp³-hybridized carbons (Fsp3) is 0.130. The highest BCUT2D eigenvalue weighted by Gasteiger charge is 2.20. The standard InChI is InChI=1S/C23H20FN7O4S2/c1-13(32)25-15-4-3-5-16(10-15)26-19(33)12-36-23-29-28-22(37-23)27-21(34)20-18(35-2)11-31(30-20)17-8-6-14(24)7-9-17/h3-11H,12H2,1-2H3,(H,25,32)(H,26,33)(H,27,28,34). The smallest absolute Gasteiger partial charge is 0.281 e. The maximum atomic E-state index is 13.2. The third-order valence-corrected chi connectivity index (χ3v) is 6.60. The van der Waals surface area contributed by atoms with E-state index in [1.54, 1.807) is 24.3 Å². The Morgan fingerprint density at radius 3 is 2.49 bits per heavy atom. The van der Waals surface area contributed by atoms with Crippen LogP contribution in [-0.4, -0.2) is 50.6 Å². The average Bonchev–Trinajstić information content (AvgIpc) is 3.50. The molecule has 3 amide bonds. The second-order valence-electron chi connectivity index (χ2n) is 7.39. The van der Waals surface area contributed by atoms with Gasteiger partial charge in [-0.2, -0.15) is 5.10 Å². The number of amides is 3. The summed E-state index contributed by atoms with van der Waals surface area (Å²) in [5.41, 5.74) is 1.67. The summed E-state index contributed by atoms with van der Waals surface area (Å²) in [6.07, 6.45) is 1.51. The molecule has 0 saturated carbocycles. The molecule has 11 nitrogen and oxygen atoms in total. The minimum atomic E-state index is -0.567. The molecule has 3 N–H and O–H groups in total. The number of carbonyl (C=O) groups is 3. The zero-order valence-corrected chi connectivity index (χ0v) is 21.2. The van der Waals surface area contributed by atoms with Gasteiger partial charge in [0.1, 0.15) is 5.82 Å². The predicted molar refractivity (Wildman–Crippen MR) is 138 cm³/mol. The van der Waals surface area contributed by atoms with Gasteiger partial charge in [-0.05, 0) is 42.5 Å². The van der Waals surface area contributed by atoms with Crippen LogP contribution >= 0.6 is 23.1 Å². The zero-order valence-electron chi connectivity index (χ0n) is 19.5. The van der Waals surface area contributed by atoms with E-state index in [0.29, 0.717) is 21.4 Å². The lowest BCUT2D eigenvalue weighted by atomic mass is 10.2. The number of carbonyl (C=O) groups excluding carboxylic acids is 3. The van der Waals surface area contributed by atoms with Crippen LogP contribution in [0.1, 0.15) is 17.4 Å². The van der Waals surface area contributed by atoms with Crippen molar-refractivity contribution in [1.82, 2.24) is 20.0 Å². The Bertz CT molecular complexity index is 1440. The van der Waals surface area contributed by atoms with Crippen molar-refractivity contribution in [3.63, 3.8) is 0 Å². The number of benzene rings is 2. The first-order valence-electron chi connectivity index (χ1n) is 10.7. The quantitative estimate of drug-likeness (QED) is 0.215. The van der Waals surface area contributed by atoms with Crippen LogP contribution < -0.4 is 20.7 Å². The van der Waals surface area contributed by atoms with E-state index in [2.05, 4.69) is 31.2 Å². The third-order valence-electron chi connectivity index (χ3n) is 4.63. The molecule has 0 radical (unpaired) electrons. The molecule has 0 bridgehead atoms. The van der Waals surface area contributed by atoms with Crippen molar-refractivity contribution in [2.45, 2.75) is 11.3 Å². The lowest BCUT2D eigenvalue weighted by Gasteiger charge is -2.07. The molecule has 14 heteroatoms. The van der Waals surface area contributed by atoms with Crippen molar-refractivity contribution >= 4 is 57.3 Å². The molecule has 0 saturated heterocycles. The van der Waals surface area contributed by atoms with Crippen LogP contribution in [-0.2, 0) is 9.59 Å². The Morgan fingerprint density at radius 2 is 1.78 bits per heavy atom. The molecule has 0 aliphatic rings. The van der Waals surface area contributed by atoms with Crippen LogP contribution in [0.3, 0.4) is 0 Å². The largest absolute Gasteiger partial charge is 0.493 e. The van der Waals surface area contributed by atoms with E-state index in [4.69, 9.17) is 4.74 Å². The van der Waals surface area contributed by atoms with Gasteiger partial charge in [0.15, 0.2) is 15.8 Å². The van der Waals surface area contributed by atoms with Crippen LogP contribution in [0.25, 0.3) is 5.69 Å². The maximum Gasteiger partial charge on any atom is 0.281 e. The highest BCUT2D eigenvalue weighted by Crippen LogP contribution is 2.27. The fourth-order valence-corrected chi connectivity index (χ4v) is 4.62. The Labute approximate surface area is 218 Å². The lowest BCUT2D eigenvalue weighted by Crippen LogP contribution is -2.14. The highest BCUT2D eigenvalue weighted by molar-refractivity contribution is 8.01. The van der Waals surface area contributed by atoms with Crippen LogP contribution in [0.15, 0.2) is 59.1 Å². The Hall–Kier alpha value is -4.30. The van der Waals surface area contributed by atoms with Gasteiger partial charge in [-0.1, -0.05) is 29.2 Å². The molecule has 37 heavy (non-hydrogen) atoms. The molecule has 0 unspecified atom stereocenters. The first kappa shape index (κ1) is 25.8. The van der Waals surface area contributed by atoms with Crippen LogP contribution in [0.2, 0.25) is 0 Å². The summed E-state index contributed by atoms with van der Waals surface area (Å²) >= 11 is 2.25. The number of hydrogen-bond donors (Lipinski definition) is 3. The summed E-state index contributed by atoms with van der Waals surface area (Å²) in [6, 6.07) is 12.4. The van der Waals surface area contributed by atoms with Crippen molar-refractivity contribution in [2.75, 3.05) is 28.8 Å². The molecule has 2 aromatic heterocycles. The second-order valence-corrected chi connectivity index (χ2v) is 9.59. The number of thioether (sulfide) groups is 1. The predicted octanol–water partition coefficient (Wildman–Crippen LogP) is 3.81. The molecular weight excluding hydrogens is 521 g/mol. The zero-order chi connectivity index (χ0) is 26.4. The van der Waals surface area contributed by atoms with Gasteiger partial charge in [-0.15, -0.1) is 10.2 Å². The minimum absolute atomic E-state index is 0.0112. The van der Waals surface area contributed by atoms with E-state index in [0.717, 1.165) is 23.1 Å². The topological polar surface area (TPSA) is 140 Å². The first-order valence-corrected chi connectivity index (χ1v) is 12.5. The fourth-order valence-electron chi connectivity index (χ4n) is 3.07. The van der Waals surface area contributed by atoms with Gasteiger partial charge < -0.3 is 15.4 Å². The van der Waals surface area contributed by atoms with Gasteiger partial charge in [0, 0.05) is 18.3 Å². The van der Waals surface area contributed by atoms with Crippen molar-refractivity contribution in [3.8, 4) is 11.4 Å². The van der Waals surface area contributed by atoms with Gasteiger partial charge >= 0.3 is 0 Å². The van der Waals surface area contributed by atoms with Crippen molar-refractivity contribution in [3.05, 3.63) is 66.2 Å². The lowest BCUT2D eigenvalue weighted by molar-refractivity contribution is -0.114. The van der Waals surface area contributed by atoms with Crippen molar-refractivity contribution in [1.29, 1.82) is 0 Å². The molecule has 0 aliphatic carbocycles. The number of aromatic nitrogens is 4. The van der Waals surface area contributed by atoms with E-state index >= 15 is 0 Å². The van der Waals surface area contributed by atoms with E-state index in [1.807, 2.05) is 0 Å². The van der Waals surface area contributed by atoms with E-state index in [9.17, 15) is 18.8 Å². The summed E-state index contributed by atoms with van der Waals surface area (Å²) in [6.45, 7) is 1.40. The molecule has 0 atom stereocenters. The number of ether oxygens (including phenoxy) is 1. The average molecular weight is 542 g/mol. The highest BCUT2D eigenvalue weighted by atomic mass is 32.2. The van der Waals surface area contributed by atoms with E-state index in [1.165, 1.54) is 49.2 Å². The Morgan fingerprint density at radius 1 is 1.05 bits per heavy atom. The van der Waals surface area contributed by atoms with Crippen LogP contribution in [0.5, 0.6) is 5.75 Å². The van der Waals surface area contributed by atoms with Gasteiger partial charge in [0.05, 0.1) is 24.7 Å². The third kappa shape index (κ3) is 6.89. The number of hydrogen-bond acceptors (Lipinski definition) is 9. The molecule has 4 rings (SSSR count).